The predicted molar refractivity (Wildman–Crippen MR) is 101 cm³/mol. The second kappa shape index (κ2) is 8.99. The summed E-state index contributed by atoms with van der Waals surface area (Å²) in [7, 11) is 0. The molecule has 0 heterocycles. The zero-order chi connectivity index (χ0) is 19.1. The fraction of sp³-hybridized carbons (Fsp3) is 0.353. The lowest BCUT2D eigenvalue weighted by Crippen LogP contribution is -2.36. The van der Waals surface area contributed by atoms with Gasteiger partial charge in [-0.25, -0.2) is 4.39 Å². The van der Waals surface area contributed by atoms with Crippen molar-refractivity contribution < 1.29 is 9.18 Å². The van der Waals surface area contributed by atoms with Crippen LogP contribution in [0.1, 0.15) is 32.8 Å². The van der Waals surface area contributed by atoms with Gasteiger partial charge >= 0.3 is 0 Å². The number of anilines is 2. The summed E-state index contributed by atoms with van der Waals surface area (Å²) in [5.74, 6) is -1.06. The highest BCUT2D eigenvalue weighted by molar-refractivity contribution is 7.81. The van der Waals surface area contributed by atoms with Crippen LogP contribution in [0.3, 0.4) is 0 Å². The van der Waals surface area contributed by atoms with Crippen LogP contribution in [0, 0.1) is 23.1 Å². The lowest BCUT2D eigenvalue weighted by atomic mass is 10.0. The van der Waals surface area contributed by atoms with Gasteiger partial charge in [-0.05, 0) is 37.5 Å². The lowest BCUT2D eigenvalue weighted by molar-refractivity contribution is -0.119. The molecule has 0 aromatic heterocycles. The Morgan fingerprint density at radius 1 is 1.44 bits per heavy atom. The molecule has 0 fully saturated rings. The van der Waals surface area contributed by atoms with Crippen molar-refractivity contribution in [2.45, 2.75) is 33.2 Å². The number of nitrogens with zero attached hydrogens (tertiary/aromatic N) is 1. The van der Waals surface area contributed by atoms with Crippen molar-refractivity contribution >= 4 is 34.5 Å². The first-order valence-corrected chi connectivity index (χ1v) is 8.09. The van der Waals surface area contributed by atoms with Gasteiger partial charge in [0.25, 0.3) is 0 Å². The summed E-state index contributed by atoms with van der Waals surface area (Å²) >= 11 is 5.10. The van der Waals surface area contributed by atoms with E-state index in [-0.39, 0.29) is 22.2 Å². The Morgan fingerprint density at radius 3 is 2.56 bits per heavy atom. The number of amides is 1. The molecular formula is C17H22FN5OS. The van der Waals surface area contributed by atoms with E-state index in [1.807, 2.05) is 13.8 Å². The molecule has 1 rings (SSSR count). The van der Waals surface area contributed by atoms with Crippen molar-refractivity contribution in [3.05, 3.63) is 35.3 Å². The fourth-order valence-electron chi connectivity index (χ4n) is 2.20. The van der Waals surface area contributed by atoms with Crippen LogP contribution >= 0.6 is 12.2 Å². The molecule has 0 aliphatic carbocycles. The largest absolute Gasteiger partial charge is 0.402 e. The monoisotopic (exact) mass is 363 g/mol. The number of nitrogens with one attached hydrogen (secondary N) is 2. The van der Waals surface area contributed by atoms with Gasteiger partial charge in [-0.3, -0.25) is 4.79 Å². The van der Waals surface area contributed by atoms with E-state index >= 15 is 0 Å². The number of carbonyl (C=O) groups excluding carboxylic acids is 1. The first kappa shape index (κ1) is 20.4. The van der Waals surface area contributed by atoms with Crippen molar-refractivity contribution in [3.63, 3.8) is 0 Å². The Morgan fingerprint density at radius 2 is 2.08 bits per heavy atom. The van der Waals surface area contributed by atoms with Crippen molar-refractivity contribution in [3.8, 4) is 6.07 Å². The smallest absolute Gasteiger partial charge is 0.239 e. The number of hydrogen-bond donors (Lipinski definition) is 4. The van der Waals surface area contributed by atoms with Crippen LogP contribution in [-0.2, 0) is 4.79 Å². The van der Waals surface area contributed by atoms with Crippen LogP contribution < -0.4 is 22.1 Å². The third-order valence-electron chi connectivity index (χ3n) is 3.21. The quantitative estimate of drug-likeness (QED) is 0.437. The van der Waals surface area contributed by atoms with Crippen molar-refractivity contribution in [1.29, 1.82) is 5.26 Å². The van der Waals surface area contributed by atoms with Gasteiger partial charge in [0.05, 0.1) is 5.69 Å². The van der Waals surface area contributed by atoms with Gasteiger partial charge in [0, 0.05) is 11.4 Å². The summed E-state index contributed by atoms with van der Waals surface area (Å²) in [4.78, 5) is 11.8. The third kappa shape index (κ3) is 6.39. The third-order valence-corrected chi connectivity index (χ3v) is 3.43. The first-order chi connectivity index (χ1) is 11.6. The number of thiocarbonyl (C=S) groups is 1. The molecule has 0 bridgehead atoms. The number of nitriles is 1. The van der Waals surface area contributed by atoms with Crippen LogP contribution in [0.4, 0.5) is 15.8 Å². The van der Waals surface area contributed by atoms with Crippen LogP contribution in [0.2, 0.25) is 0 Å². The van der Waals surface area contributed by atoms with Crippen LogP contribution in [0.25, 0.3) is 0 Å². The number of carbonyl (C=O) groups is 1. The lowest BCUT2D eigenvalue weighted by Gasteiger charge is -2.20. The van der Waals surface area contributed by atoms with E-state index < -0.39 is 17.8 Å². The van der Waals surface area contributed by atoms with Gasteiger partial charge in [-0.15, -0.1) is 0 Å². The Hall–Kier alpha value is -2.66. The van der Waals surface area contributed by atoms with Crippen molar-refractivity contribution in [2.75, 3.05) is 10.6 Å². The summed E-state index contributed by atoms with van der Waals surface area (Å²) in [5, 5.41) is 14.8. The number of allylic oxidation sites excluding steroid dienone is 1. The Labute approximate surface area is 152 Å². The average Bonchev–Trinajstić information content (AvgIpc) is 2.44. The molecular weight excluding hydrogens is 341 g/mol. The molecule has 0 saturated carbocycles. The molecule has 0 aliphatic heterocycles. The van der Waals surface area contributed by atoms with Gasteiger partial charge in [0.1, 0.15) is 28.5 Å². The Balaban J connectivity index is 3.18. The van der Waals surface area contributed by atoms with E-state index in [2.05, 4.69) is 10.6 Å². The van der Waals surface area contributed by atoms with Crippen molar-refractivity contribution in [1.82, 2.24) is 0 Å². The van der Waals surface area contributed by atoms with Gasteiger partial charge in [0.15, 0.2) is 0 Å². The molecule has 8 heteroatoms. The molecule has 0 saturated heterocycles. The normalized spacial score (nSPS) is 12.4. The zero-order valence-corrected chi connectivity index (χ0v) is 15.2. The number of halogens is 1. The number of benzene rings is 1. The second-order valence-corrected chi connectivity index (χ2v) is 6.54. The molecule has 1 atom stereocenters. The van der Waals surface area contributed by atoms with E-state index in [1.54, 1.807) is 13.0 Å². The predicted octanol–water partition coefficient (Wildman–Crippen LogP) is 2.61. The van der Waals surface area contributed by atoms with E-state index in [0.717, 1.165) is 6.07 Å². The molecule has 6 nitrogen and oxygen atoms in total. The summed E-state index contributed by atoms with van der Waals surface area (Å²) in [5.41, 5.74) is 11.7. The Bertz CT molecular complexity index is 735. The summed E-state index contributed by atoms with van der Waals surface area (Å²) in [6.45, 7) is 5.55. The molecule has 0 radical (unpaired) electrons. The van der Waals surface area contributed by atoms with Crippen LogP contribution in [0.15, 0.2) is 23.9 Å². The molecule has 1 aromatic carbocycles. The molecule has 0 aliphatic rings. The number of hydrogen-bond acceptors (Lipinski definition) is 5. The molecule has 1 aromatic rings. The average molecular weight is 363 g/mol. The minimum Gasteiger partial charge on any atom is -0.402 e. The highest BCUT2D eigenvalue weighted by atomic mass is 32.1. The van der Waals surface area contributed by atoms with Crippen molar-refractivity contribution in [2.24, 2.45) is 17.4 Å². The molecule has 25 heavy (non-hydrogen) atoms. The topological polar surface area (TPSA) is 117 Å². The molecule has 134 valence electrons. The molecule has 0 spiro atoms. The molecule has 1 amide bonds. The maximum absolute atomic E-state index is 14.2. The van der Waals surface area contributed by atoms with E-state index in [1.165, 1.54) is 12.1 Å². The van der Waals surface area contributed by atoms with Gasteiger partial charge < -0.3 is 22.1 Å². The maximum atomic E-state index is 14.2. The fourth-order valence-corrected chi connectivity index (χ4v) is 2.49. The summed E-state index contributed by atoms with van der Waals surface area (Å²) < 4.78 is 14.2. The minimum atomic E-state index is -0.737. The minimum absolute atomic E-state index is 0.181. The van der Waals surface area contributed by atoms with E-state index in [9.17, 15) is 9.18 Å². The van der Waals surface area contributed by atoms with Crippen LogP contribution in [0.5, 0.6) is 0 Å². The van der Waals surface area contributed by atoms with E-state index in [4.69, 9.17) is 28.9 Å². The van der Waals surface area contributed by atoms with Gasteiger partial charge in [-0.2, -0.15) is 5.26 Å². The second-order valence-electron chi connectivity index (χ2n) is 6.10. The molecule has 1 unspecified atom stereocenters. The molecule has 6 N–H and O–H groups in total. The Kier molecular flexibility index (Phi) is 7.33. The van der Waals surface area contributed by atoms with E-state index in [0.29, 0.717) is 17.8 Å². The van der Waals surface area contributed by atoms with Gasteiger partial charge in [0.2, 0.25) is 5.91 Å². The van der Waals surface area contributed by atoms with Crippen LogP contribution in [-0.4, -0.2) is 16.9 Å². The number of nitrogens with two attached hydrogens (primary N) is 2. The highest BCUT2D eigenvalue weighted by Gasteiger charge is 2.19. The number of rotatable bonds is 7. The summed E-state index contributed by atoms with van der Waals surface area (Å²) in [6.07, 6.45) is 1.98. The highest BCUT2D eigenvalue weighted by Crippen LogP contribution is 2.25. The number of primary amides is 1. The first-order valence-electron chi connectivity index (χ1n) is 7.68. The standard InChI is InChI=1S/C17H22FN5OS/c1-9(2)4-15(17(21)24)22-11-6-13(18)12(8-19)14(7-11)23-16(25)5-10(3)20/h5-7,9,15,22H,4,20H2,1-3H3,(H2,21,24)(H,23,25). The SMILES string of the molecule is CC(N)=CC(=S)Nc1cc(NC(CC(C)C)C(N)=O)cc(F)c1C#N. The maximum Gasteiger partial charge on any atom is 0.239 e. The van der Waals surface area contributed by atoms with Gasteiger partial charge in [-0.1, -0.05) is 26.1 Å². The summed E-state index contributed by atoms with van der Waals surface area (Å²) in [6, 6.07) is 3.79. The zero-order valence-electron chi connectivity index (χ0n) is 14.4.